The molecule has 0 aliphatic carbocycles. The number of benzene rings is 2. The molecule has 1 saturated heterocycles. The number of urea groups is 1. The van der Waals surface area contributed by atoms with E-state index in [1.165, 1.54) is 18.2 Å². The van der Waals surface area contributed by atoms with Gasteiger partial charge in [0.2, 0.25) is 0 Å². The molecule has 3 aromatic rings. The molecule has 0 radical (unpaired) electrons. The van der Waals surface area contributed by atoms with Crippen LogP contribution < -0.4 is 19.7 Å². The van der Waals surface area contributed by atoms with Crippen LogP contribution in [0.1, 0.15) is 46.7 Å². The third-order valence-corrected chi connectivity index (χ3v) is 6.43. The third kappa shape index (κ3) is 5.00. The van der Waals surface area contributed by atoms with Crippen molar-refractivity contribution in [3.05, 3.63) is 76.1 Å². The van der Waals surface area contributed by atoms with Crippen LogP contribution in [0, 0.1) is 20.8 Å². The highest BCUT2D eigenvalue weighted by atomic mass is 16.5. The van der Waals surface area contributed by atoms with Crippen LogP contribution in [0.3, 0.4) is 0 Å². The van der Waals surface area contributed by atoms with E-state index in [9.17, 15) is 24.3 Å². The van der Waals surface area contributed by atoms with E-state index in [1.807, 2.05) is 18.4 Å². The summed E-state index contributed by atoms with van der Waals surface area (Å²) in [6.45, 7) is 9.63. The largest absolute Gasteiger partial charge is 0.494 e. The Morgan fingerprint density at radius 1 is 0.974 bits per heavy atom. The standard InChI is InChI=1S/C29H29N3O7/c1-6-38-20-11-12-25(39-7-2)24(15-20)32-27(34)22(26(33)30-29(32)37)14-19-13-16(3)31(18(19)5)23-10-8-9-21(17(23)4)28(35)36/h8-15H,6-7H2,1-5H3,(H,35,36)(H,30,33,37)/b22-14+. The first-order valence-electron chi connectivity index (χ1n) is 12.4. The molecule has 1 aliphatic heterocycles. The van der Waals surface area contributed by atoms with E-state index in [2.05, 4.69) is 5.32 Å². The summed E-state index contributed by atoms with van der Waals surface area (Å²) in [4.78, 5) is 51.9. The summed E-state index contributed by atoms with van der Waals surface area (Å²) in [5.74, 6) is -1.96. The van der Waals surface area contributed by atoms with Crippen LogP contribution in [-0.2, 0) is 9.59 Å². The molecule has 1 aromatic heterocycles. The first kappa shape index (κ1) is 27.2. The second-order valence-electron chi connectivity index (χ2n) is 8.87. The highest BCUT2D eigenvalue weighted by Crippen LogP contribution is 2.35. The Balaban J connectivity index is 1.80. The molecule has 39 heavy (non-hydrogen) atoms. The van der Waals surface area contributed by atoms with Crippen molar-refractivity contribution in [2.45, 2.75) is 34.6 Å². The molecule has 2 N–H and O–H groups in total. The number of nitrogens with one attached hydrogen (secondary N) is 1. The van der Waals surface area contributed by atoms with E-state index in [1.54, 1.807) is 51.1 Å². The molecule has 0 bridgehead atoms. The fourth-order valence-corrected chi connectivity index (χ4v) is 4.64. The molecule has 1 fully saturated rings. The lowest BCUT2D eigenvalue weighted by molar-refractivity contribution is -0.122. The van der Waals surface area contributed by atoms with Crippen molar-refractivity contribution >= 4 is 35.6 Å². The number of ether oxygens (including phenoxy) is 2. The smallest absolute Gasteiger partial charge is 0.336 e. The van der Waals surface area contributed by atoms with Crippen molar-refractivity contribution in [1.82, 2.24) is 9.88 Å². The van der Waals surface area contributed by atoms with Gasteiger partial charge in [0.1, 0.15) is 17.1 Å². The van der Waals surface area contributed by atoms with Gasteiger partial charge >= 0.3 is 12.0 Å². The van der Waals surface area contributed by atoms with Crippen LogP contribution in [0.25, 0.3) is 11.8 Å². The molecule has 2 heterocycles. The van der Waals surface area contributed by atoms with Gasteiger partial charge in [0.05, 0.1) is 24.5 Å². The van der Waals surface area contributed by atoms with Crippen LogP contribution in [0.15, 0.2) is 48.0 Å². The Kier molecular flexibility index (Phi) is 7.57. The number of rotatable bonds is 8. The topological polar surface area (TPSA) is 127 Å². The van der Waals surface area contributed by atoms with Crippen molar-refractivity contribution < 1.29 is 33.8 Å². The van der Waals surface area contributed by atoms with Crippen LogP contribution in [0.5, 0.6) is 11.5 Å². The van der Waals surface area contributed by atoms with E-state index in [-0.39, 0.29) is 22.6 Å². The second kappa shape index (κ2) is 10.9. The summed E-state index contributed by atoms with van der Waals surface area (Å²) in [7, 11) is 0. The minimum absolute atomic E-state index is 0.148. The van der Waals surface area contributed by atoms with Gasteiger partial charge in [-0.05, 0) is 82.2 Å². The molecule has 4 amide bonds. The number of imide groups is 2. The fraction of sp³-hybridized carbons (Fsp3) is 0.241. The number of nitrogens with zero attached hydrogens (tertiary/aromatic N) is 2. The summed E-state index contributed by atoms with van der Waals surface area (Å²) < 4.78 is 13.1. The number of carbonyl (C=O) groups is 4. The zero-order valence-electron chi connectivity index (χ0n) is 22.3. The van der Waals surface area contributed by atoms with Gasteiger partial charge in [0, 0.05) is 23.1 Å². The van der Waals surface area contributed by atoms with Crippen molar-refractivity contribution in [2.75, 3.05) is 18.1 Å². The molecule has 4 rings (SSSR count). The highest BCUT2D eigenvalue weighted by molar-refractivity contribution is 6.39. The van der Waals surface area contributed by atoms with Crippen LogP contribution in [0.2, 0.25) is 0 Å². The number of barbiturate groups is 1. The van der Waals surface area contributed by atoms with Crippen molar-refractivity contribution in [3.8, 4) is 17.2 Å². The molecule has 0 saturated carbocycles. The summed E-state index contributed by atoms with van der Waals surface area (Å²) in [6, 6.07) is 10.7. The molecule has 1 aliphatic rings. The molecule has 10 heteroatoms. The van der Waals surface area contributed by atoms with E-state index in [0.717, 1.165) is 10.6 Å². The number of carboxylic acid groups (broad SMARTS) is 1. The molecular formula is C29H29N3O7. The normalized spacial score (nSPS) is 14.5. The van der Waals surface area contributed by atoms with Crippen LogP contribution >= 0.6 is 0 Å². The molecule has 0 spiro atoms. The van der Waals surface area contributed by atoms with Gasteiger partial charge in [-0.2, -0.15) is 0 Å². The monoisotopic (exact) mass is 531 g/mol. The molecule has 2 aromatic carbocycles. The van der Waals surface area contributed by atoms with Gasteiger partial charge in [0.25, 0.3) is 11.8 Å². The molecule has 202 valence electrons. The van der Waals surface area contributed by atoms with Crippen molar-refractivity contribution in [3.63, 3.8) is 0 Å². The fourth-order valence-electron chi connectivity index (χ4n) is 4.64. The van der Waals surface area contributed by atoms with E-state index in [0.29, 0.717) is 41.5 Å². The summed E-state index contributed by atoms with van der Waals surface area (Å²) in [5.41, 5.74) is 3.34. The summed E-state index contributed by atoms with van der Waals surface area (Å²) >= 11 is 0. The molecule has 0 atom stereocenters. The van der Waals surface area contributed by atoms with Gasteiger partial charge in [-0.15, -0.1) is 0 Å². The number of carboxylic acids is 1. The number of hydrogen-bond donors (Lipinski definition) is 2. The third-order valence-electron chi connectivity index (χ3n) is 6.43. The second-order valence-corrected chi connectivity index (χ2v) is 8.87. The summed E-state index contributed by atoms with van der Waals surface area (Å²) in [5, 5.41) is 11.8. The minimum atomic E-state index is -1.03. The maximum atomic E-state index is 13.6. The van der Waals surface area contributed by atoms with E-state index >= 15 is 0 Å². The number of carbonyl (C=O) groups excluding carboxylic acids is 3. The van der Waals surface area contributed by atoms with Crippen LogP contribution in [0.4, 0.5) is 10.5 Å². The Morgan fingerprint density at radius 3 is 2.36 bits per heavy atom. The number of hydrogen-bond acceptors (Lipinski definition) is 6. The zero-order valence-corrected chi connectivity index (χ0v) is 22.3. The van der Waals surface area contributed by atoms with Gasteiger partial charge in [-0.1, -0.05) is 6.07 Å². The minimum Gasteiger partial charge on any atom is -0.494 e. The lowest BCUT2D eigenvalue weighted by Gasteiger charge is -2.28. The average molecular weight is 532 g/mol. The Morgan fingerprint density at radius 2 is 1.69 bits per heavy atom. The maximum absolute atomic E-state index is 13.6. The van der Waals surface area contributed by atoms with Gasteiger partial charge < -0.3 is 19.1 Å². The average Bonchev–Trinajstić information content (AvgIpc) is 3.15. The van der Waals surface area contributed by atoms with Crippen molar-refractivity contribution in [1.29, 1.82) is 0 Å². The van der Waals surface area contributed by atoms with Gasteiger partial charge in [-0.3, -0.25) is 14.9 Å². The lowest BCUT2D eigenvalue weighted by Crippen LogP contribution is -2.54. The number of amides is 4. The Bertz CT molecular complexity index is 1530. The Hall–Kier alpha value is -4.86. The molecular weight excluding hydrogens is 502 g/mol. The molecule has 10 nitrogen and oxygen atoms in total. The van der Waals surface area contributed by atoms with Gasteiger partial charge in [-0.25, -0.2) is 14.5 Å². The number of aromatic nitrogens is 1. The zero-order chi connectivity index (χ0) is 28.4. The van der Waals surface area contributed by atoms with Crippen LogP contribution in [-0.4, -0.2) is 46.7 Å². The predicted octanol–water partition coefficient (Wildman–Crippen LogP) is 4.56. The quantitative estimate of drug-likeness (QED) is 0.322. The van der Waals surface area contributed by atoms with Crippen molar-refractivity contribution in [2.24, 2.45) is 0 Å². The first-order chi connectivity index (χ1) is 18.6. The van der Waals surface area contributed by atoms with E-state index < -0.39 is 23.8 Å². The van der Waals surface area contributed by atoms with Gasteiger partial charge in [0.15, 0.2) is 0 Å². The SMILES string of the molecule is CCOc1ccc(OCC)c(N2C(=O)NC(=O)/C(=C\c3cc(C)n(-c4cccc(C(=O)O)c4C)c3C)C2=O)c1. The number of anilines is 1. The first-order valence-corrected chi connectivity index (χ1v) is 12.4. The predicted molar refractivity (Wildman–Crippen MR) is 145 cm³/mol. The maximum Gasteiger partial charge on any atom is 0.336 e. The number of aryl methyl sites for hydroxylation is 1. The summed E-state index contributed by atoms with van der Waals surface area (Å²) in [6.07, 6.45) is 1.43. The highest BCUT2D eigenvalue weighted by Gasteiger charge is 2.38. The Labute approximate surface area is 225 Å². The molecule has 0 unspecified atom stereocenters. The lowest BCUT2D eigenvalue weighted by atomic mass is 10.1. The number of aromatic carboxylic acids is 1. The van der Waals surface area contributed by atoms with E-state index in [4.69, 9.17) is 9.47 Å².